The van der Waals surface area contributed by atoms with Gasteiger partial charge in [0.15, 0.2) is 5.65 Å². The first-order valence-electron chi connectivity index (χ1n) is 12.1. The number of imidazole rings is 1. The molecule has 4 heterocycles. The lowest BCUT2D eigenvalue weighted by atomic mass is 10.1. The van der Waals surface area contributed by atoms with E-state index in [0.717, 1.165) is 35.0 Å². The summed E-state index contributed by atoms with van der Waals surface area (Å²) in [6.45, 7) is 4.64. The molecule has 36 heavy (non-hydrogen) atoms. The predicted molar refractivity (Wildman–Crippen MR) is 139 cm³/mol. The molecule has 1 aliphatic rings. The Hall–Kier alpha value is -3.72. The first-order chi connectivity index (χ1) is 17.3. The third-order valence-electron chi connectivity index (χ3n) is 6.89. The lowest BCUT2D eigenvalue weighted by molar-refractivity contribution is 0.499. The van der Waals surface area contributed by atoms with E-state index in [4.69, 9.17) is 16.7 Å². The molecule has 0 amide bonds. The molecule has 10 heteroatoms. The second-order valence-corrected chi connectivity index (χ2v) is 10.3. The lowest BCUT2D eigenvalue weighted by Crippen LogP contribution is -2.41. The van der Waals surface area contributed by atoms with Crippen LogP contribution < -0.4 is 11.2 Å². The van der Waals surface area contributed by atoms with Gasteiger partial charge in [-0.2, -0.15) is 5.10 Å². The van der Waals surface area contributed by atoms with E-state index in [-0.39, 0.29) is 17.3 Å². The first-order valence-corrected chi connectivity index (χ1v) is 12.5. The molecule has 0 saturated heterocycles. The Kier molecular flexibility index (Phi) is 5.33. The molecule has 184 valence electrons. The third-order valence-corrected chi connectivity index (χ3v) is 7.12. The van der Waals surface area contributed by atoms with Crippen LogP contribution in [0.2, 0.25) is 5.02 Å². The molecule has 1 aliphatic carbocycles. The van der Waals surface area contributed by atoms with Crippen LogP contribution in [0.1, 0.15) is 38.3 Å². The summed E-state index contributed by atoms with van der Waals surface area (Å²) in [6.07, 6.45) is 7.33. The van der Waals surface area contributed by atoms with Gasteiger partial charge in [-0.25, -0.2) is 9.78 Å². The number of aromatic nitrogens is 7. The van der Waals surface area contributed by atoms with Crippen LogP contribution in [0.15, 0.2) is 52.6 Å². The SMILES string of the molecule is CC(C)n1c(=O)c2c(-c3cncn3C)n(Cc3ccnc4ccc(Cl)cc34)nc2n(CC2CC2)c1=O. The van der Waals surface area contributed by atoms with Gasteiger partial charge in [-0.05, 0) is 62.4 Å². The summed E-state index contributed by atoms with van der Waals surface area (Å²) in [5, 5.41) is 6.87. The predicted octanol–water partition coefficient (Wildman–Crippen LogP) is 4.00. The minimum Gasteiger partial charge on any atom is -0.332 e. The van der Waals surface area contributed by atoms with Crippen LogP contribution in [-0.4, -0.2) is 33.4 Å². The van der Waals surface area contributed by atoms with Crippen molar-refractivity contribution >= 4 is 33.5 Å². The molecule has 1 aromatic carbocycles. The van der Waals surface area contributed by atoms with Crippen LogP contribution in [0, 0.1) is 5.92 Å². The number of halogens is 1. The number of fused-ring (bicyclic) bond motifs is 2. The maximum atomic E-state index is 13.8. The van der Waals surface area contributed by atoms with Crippen LogP contribution in [0.3, 0.4) is 0 Å². The van der Waals surface area contributed by atoms with Crippen molar-refractivity contribution in [2.45, 2.75) is 45.8 Å². The van der Waals surface area contributed by atoms with Crippen molar-refractivity contribution in [3.63, 3.8) is 0 Å². The molecule has 1 saturated carbocycles. The monoisotopic (exact) mass is 503 g/mol. The smallest absolute Gasteiger partial charge is 0.332 e. The van der Waals surface area contributed by atoms with Crippen molar-refractivity contribution in [2.24, 2.45) is 13.0 Å². The third kappa shape index (κ3) is 3.65. The molecule has 0 spiro atoms. The average Bonchev–Trinajstić information content (AvgIpc) is 3.45. The van der Waals surface area contributed by atoms with Crippen molar-refractivity contribution in [3.8, 4) is 11.4 Å². The minimum atomic E-state index is -0.331. The highest BCUT2D eigenvalue weighted by Gasteiger charge is 2.29. The number of aryl methyl sites for hydroxylation is 1. The van der Waals surface area contributed by atoms with Gasteiger partial charge in [0.05, 0.1) is 30.3 Å². The highest BCUT2D eigenvalue weighted by atomic mass is 35.5. The normalized spacial score (nSPS) is 13.9. The largest absolute Gasteiger partial charge is 0.332 e. The zero-order valence-electron chi connectivity index (χ0n) is 20.3. The van der Waals surface area contributed by atoms with Gasteiger partial charge in [0, 0.05) is 36.2 Å². The summed E-state index contributed by atoms with van der Waals surface area (Å²) in [7, 11) is 1.88. The fourth-order valence-corrected chi connectivity index (χ4v) is 5.05. The molecule has 1 fully saturated rings. The second kappa shape index (κ2) is 8.44. The Bertz CT molecular complexity index is 1750. The summed E-state index contributed by atoms with van der Waals surface area (Å²) in [4.78, 5) is 36.1. The summed E-state index contributed by atoms with van der Waals surface area (Å²) >= 11 is 6.31. The summed E-state index contributed by atoms with van der Waals surface area (Å²) in [5.41, 5.74) is 2.95. The van der Waals surface area contributed by atoms with E-state index >= 15 is 0 Å². The van der Waals surface area contributed by atoms with Crippen molar-refractivity contribution in [1.82, 2.24) is 33.4 Å². The van der Waals surface area contributed by atoms with Crippen LogP contribution >= 0.6 is 11.6 Å². The molecule has 0 N–H and O–H groups in total. The molecule has 0 bridgehead atoms. The fourth-order valence-electron chi connectivity index (χ4n) is 4.88. The summed E-state index contributed by atoms with van der Waals surface area (Å²) < 4.78 is 6.71. The molecule has 6 rings (SSSR count). The molecular formula is C26H26ClN7O2. The van der Waals surface area contributed by atoms with Crippen molar-refractivity contribution in [3.05, 3.63) is 74.4 Å². The van der Waals surface area contributed by atoms with E-state index in [1.807, 2.05) is 54.4 Å². The van der Waals surface area contributed by atoms with Gasteiger partial charge in [0.2, 0.25) is 0 Å². The second-order valence-electron chi connectivity index (χ2n) is 9.83. The highest BCUT2D eigenvalue weighted by Crippen LogP contribution is 2.33. The van der Waals surface area contributed by atoms with Crippen molar-refractivity contribution < 1.29 is 0 Å². The van der Waals surface area contributed by atoms with E-state index in [1.165, 1.54) is 4.57 Å². The van der Waals surface area contributed by atoms with Gasteiger partial charge < -0.3 is 4.57 Å². The van der Waals surface area contributed by atoms with Gasteiger partial charge in [-0.3, -0.25) is 23.6 Å². The Morgan fingerprint density at radius 3 is 2.67 bits per heavy atom. The number of rotatable bonds is 6. The summed E-state index contributed by atoms with van der Waals surface area (Å²) in [6, 6.07) is 7.24. The van der Waals surface area contributed by atoms with Gasteiger partial charge >= 0.3 is 5.69 Å². The molecular weight excluding hydrogens is 478 g/mol. The summed E-state index contributed by atoms with van der Waals surface area (Å²) in [5.74, 6) is 0.431. The number of nitrogens with zero attached hydrogens (tertiary/aromatic N) is 7. The number of pyridine rings is 1. The van der Waals surface area contributed by atoms with Gasteiger partial charge in [-0.1, -0.05) is 11.6 Å². The van der Waals surface area contributed by atoms with Crippen LogP contribution in [0.4, 0.5) is 0 Å². The van der Waals surface area contributed by atoms with Gasteiger partial charge in [0.1, 0.15) is 11.1 Å². The maximum absolute atomic E-state index is 13.8. The zero-order chi connectivity index (χ0) is 25.1. The highest BCUT2D eigenvalue weighted by molar-refractivity contribution is 6.31. The van der Waals surface area contributed by atoms with Crippen LogP contribution in [-0.2, 0) is 20.1 Å². The van der Waals surface area contributed by atoms with E-state index in [1.54, 1.807) is 23.3 Å². The van der Waals surface area contributed by atoms with E-state index in [9.17, 15) is 9.59 Å². The average molecular weight is 504 g/mol. The van der Waals surface area contributed by atoms with E-state index in [2.05, 4.69) is 9.97 Å². The molecule has 9 nitrogen and oxygen atoms in total. The van der Waals surface area contributed by atoms with E-state index < -0.39 is 0 Å². The van der Waals surface area contributed by atoms with Crippen molar-refractivity contribution in [1.29, 1.82) is 0 Å². The quantitative estimate of drug-likeness (QED) is 0.349. The van der Waals surface area contributed by atoms with Gasteiger partial charge in [0.25, 0.3) is 5.56 Å². The van der Waals surface area contributed by atoms with Crippen molar-refractivity contribution in [2.75, 3.05) is 0 Å². The molecule has 0 atom stereocenters. The molecule has 0 radical (unpaired) electrons. The zero-order valence-corrected chi connectivity index (χ0v) is 21.1. The Balaban J connectivity index is 1.68. The van der Waals surface area contributed by atoms with Crippen LogP contribution in [0.25, 0.3) is 33.3 Å². The maximum Gasteiger partial charge on any atom is 0.332 e. The topological polar surface area (TPSA) is 92.5 Å². The lowest BCUT2D eigenvalue weighted by Gasteiger charge is -2.14. The Labute approximate surface area is 211 Å². The molecule has 5 aromatic rings. The number of hydrogen-bond acceptors (Lipinski definition) is 5. The fraction of sp³-hybridized carbons (Fsp3) is 0.346. The van der Waals surface area contributed by atoms with E-state index in [0.29, 0.717) is 40.8 Å². The molecule has 0 aliphatic heterocycles. The first kappa shape index (κ1) is 22.7. The van der Waals surface area contributed by atoms with Crippen LogP contribution in [0.5, 0.6) is 0 Å². The number of benzene rings is 1. The standard InChI is InChI=1S/C26H26ClN7O2/c1-15(2)34-25(35)22-23(21-11-28-14-31(21)3)33(30-24(22)32(26(34)36)12-16-4-5-16)13-17-8-9-29-20-7-6-18(27)10-19(17)20/h6-11,14-16H,4-5,12-13H2,1-3H3. The Morgan fingerprint density at radius 1 is 1.17 bits per heavy atom. The number of hydrogen-bond donors (Lipinski definition) is 0. The Morgan fingerprint density at radius 2 is 1.97 bits per heavy atom. The molecule has 0 unspecified atom stereocenters. The minimum absolute atomic E-state index is 0.283. The molecule has 4 aromatic heterocycles. The van der Waals surface area contributed by atoms with Gasteiger partial charge in [-0.15, -0.1) is 0 Å².